The van der Waals surface area contributed by atoms with Gasteiger partial charge in [0.15, 0.2) is 12.6 Å². The van der Waals surface area contributed by atoms with Gasteiger partial charge in [-0.2, -0.15) is 13.2 Å². The van der Waals surface area contributed by atoms with Crippen molar-refractivity contribution in [1.29, 1.82) is 0 Å². The minimum absolute atomic E-state index is 0. The van der Waals surface area contributed by atoms with Crippen molar-refractivity contribution < 1.29 is 17.9 Å². The Balaban J connectivity index is 0.00000420. The van der Waals surface area contributed by atoms with Crippen LogP contribution in [0.25, 0.3) is 0 Å². The van der Waals surface area contributed by atoms with E-state index in [1.807, 2.05) is 18.4 Å². The SMILES string of the molecule is CCNC(=NCc1ccccc1OCC(F)(F)F)NCCn1cnnc1CC.I. The van der Waals surface area contributed by atoms with Crippen LogP contribution in [0.15, 0.2) is 35.6 Å². The summed E-state index contributed by atoms with van der Waals surface area (Å²) in [6.07, 6.45) is -1.91. The number of aryl methyl sites for hydroxylation is 1. The van der Waals surface area contributed by atoms with Crippen LogP contribution in [-0.4, -0.2) is 46.6 Å². The summed E-state index contributed by atoms with van der Waals surface area (Å²) < 4.78 is 44.1. The van der Waals surface area contributed by atoms with E-state index in [0.717, 1.165) is 12.2 Å². The first-order valence-corrected chi connectivity index (χ1v) is 9.09. The molecule has 0 unspecified atom stereocenters. The molecule has 0 saturated carbocycles. The van der Waals surface area contributed by atoms with Crippen molar-refractivity contribution >= 4 is 29.9 Å². The predicted molar refractivity (Wildman–Crippen MR) is 116 cm³/mol. The van der Waals surface area contributed by atoms with Gasteiger partial charge in [0.05, 0.1) is 6.54 Å². The highest BCUT2D eigenvalue weighted by Gasteiger charge is 2.28. The van der Waals surface area contributed by atoms with Gasteiger partial charge in [-0.3, -0.25) is 0 Å². The molecular weight excluding hydrogens is 500 g/mol. The summed E-state index contributed by atoms with van der Waals surface area (Å²) in [7, 11) is 0. The molecular formula is C18H26F3IN6O. The van der Waals surface area contributed by atoms with E-state index in [2.05, 4.69) is 25.8 Å². The van der Waals surface area contributed by atoms with E-state index in [4.69, 9.17) is 4.74 Å². The van der Waals surface area contributed by atoms with Crippen LogP contribution < -0.4 is 15.4 Å². The third kappa shape index (κ3) is 8.88. The highest BCUT2D eigenvalue weighted by molar-refractivity contribution is 14.0. The zero-order valence-corrected chi connectivity index (χ0v) is 18.7. The second-order valence-corrected chi connectivity index (χ2v) is 5.93. The number of guanidine groups is 1. The van der Waals surface area contributed by atoms with Crippen LogP contribution in [0.2, 0.25) is 0 Å². The number of hydrogen-bond donors (Lipinski definition) is 2. The van der Waals surface area contributed by atoms with Crippen LogP contribution in [-0.2, 0) is 19.5 Å². The summed E-state index contributed by atoms with van der Waals surface area (Å²) in [6, 6.07) is 6.58. The van der Waals surface area contributed by atoms with Crippen molar-refractivity contribution in [2.24, 2.45) is 4.99 Å². The van der Waals surface area contributed by atoms with Gasteiger partial charge in [-0.05, 0) is 13.0 Å². The summed E-state index contributed by atoms with van der Waals surface area (Å²) in [5, 5.41) is 14.2. The summed E-state index contributed by atoms with van der Waals surface area (Å²) in [6.45, 7) is 4.74. The Bertz CT molecular complexity index is 766. The van der Waals surface area contributed by atoms with E-state index in [9.17, 15) is 13.2 Å². The largest absolute Gasteiger partial charge is 0.484 e. The molecule has 0 aliphatic carbocycles. The lowest BCUT2D eigenvalue weighted by Crippen LogP contribution is -2.39. The van der Waals surface area contributed by atoms with Gasteiger partial charge in [0.25, 0.3) is 0 Å². The topological polar surface area (TPSA) is 76.4 Å². The third-order valence-electron chi connectivity index (χ3n) is 3.77. The number of nitrogens with zero attached hydrogens (tertiary/aromatic N) is 4. The number of halogens is 4. The monoisotopic (exact) mass is 526 g/mol. The van der Waals surface area contributed by atoms with Gasteiger partial charge in [-0.1, -0.05) is 25.1 Å². The molecule has 1 heterocycles. The maximum Gasteiger partial charge on any atom is 0.422 e. The summed E-state index contributed by atoms with van der Waals surface area (Å²) in [4.78, 5) is 4.44. The normalized spacial score (nSPS) is 11.7. The number of aliphatic imine (C=N–C) groups is 1. The van der Waals surface area contributed by atoms with E-state index < -0.39 is 12.8 Å². The molecule has 0 bridgehead atoms. The Morgan fingerprint density at radius 3 is 2.66 bits per heavy atom. The molecule has 0 aliphatic heterocycles. The Kier molecular flexibility index (Phi) is 10.8. The van der Waals surface area contributed by atoms with Gasteiger partial charge in [0.2, 0.25) is 0 Å². The molecule has 0 aliphatic rings. The number of ether oxygens (including phenoxy) is 1. The lowest BCUT2D eigenvalue weighted by Gasteiger charge is -2.14. The number of aromatic nitrogens is 3. The first-order valence-electron chi connectivity index (χ1n) is 9.09. The lowest BCUT2D eigenvalue weighted by molar-refractivity contribution is -0.153. The fourth-order valence-corrected chi connectivity index (χ4v) is 2.48. The number of benzene rings is 1. The fraction of sp³-hybridized carbons (Fsp3) is 0.500. The Morgan fingerprint density at radius 2 is 1.97 bits per heavy atom. The minimum atomic E-state index is -4.38. The Morgan fingerprint density at radius 1 is 1.21 bits per heavy atom. The lowest BCUT2D eigenvalue weighted by atomic mass is 10.2. The number of rotatable bonds is 9. The van der Waals surface area contributed by atoms with Crippen molar-refractivity contribution in [3.8, 4) is 5.75 Å². The smallest absolute Gasteiger partial charge is 0.422 e. The maximum absolute atomic E-state index is 12.4. The molecule has 2 rings (SSSR count). The van der Waals surface area contributed by atoms with Gasteiger partial charge < -0.3 is 19.9 Å². The third-order valence-corrected chi connectivity index (χ3v) is 3.77. The van der Waals surface area contributed by atoms with Gasteiger partial charge in [-0.25, -0.2) is 4.99 Å². The predicted octanol–water partition coefficient (Wildman–Crippen LogP) is 3.15. The zero-order chi connectivity index (χ0) is 20.4. The van der Waals surface area contributed by atoms with E-state index >= 15 is 0 Å². The van der Waals surface area contributed by atoms with Gasteiger partial charge in [-0.15, -0.1) is 34.2 Å². The average Bonchev–Trinajstić information content (AvgIpc) is 3.12. The molecule has 0 saturated heterocycles. The molecule has 0 atom stereocenters. The number of alkyl halides is 3. The second kappa shape index (κ2) is 12.5. The molecule has 1 aromatic heterocycles. The van der Waals surface area contributed by atoms with Crippen LogP contribution in [0.5, 0.6) is 5.75 Å². The first kappa shape index (κ1) is 25.0. The van der Waals surface area contributed by atoms with E-state index in [1.165, 1.54) is 6.07 Å². The molecule has 29 heavy (non-hydrogen) atoms. The second-order valence-electron chi connectivity index (χ2n) is 5.93. The quantitative estimate of drug-likeness (QED) is 0.299. The minimum Gasteiger partial charge on any atom is -0.484 e. The molecule has 7 nitrogen and oxygen atoms in total. The van der Waals surface area contributed by atoms with Crippen LogP contribution in [0.1, 0.15) is 25.2 Å². The molecule has 0 fully saturated rings. The summed E-state index contributed by atoms with van der Waals surface area (Å²) in [5.74, 6) is 1.65. The van der Waals surface area contributed by atoms with Crippen molar-refractivity contribution in [2.45, 2.75) is 39.5 Å². The molecule has 0 spiro atoms. The maximum atomic E-state index is 12.4. The first-order chi connectivity index (χ1) is 13.4. The van der Waals surface area contributed by atoms with E-state index in [0.29, 0.717) is 31.2 Å². The molecule has 162 valence electrons. The van der Waals surface area contributed by atoms with E-state index in [-0.39, 0.29) is 36.3 Å². The van der Waals surface area contributed by atoms with Gasteiger partial charge in [0, 0.05) is 31.6 Å². The molecule has 1 aromatic carbocycles. The molecule has 11 heteroatoms. The van der Waals surface area contributed by atoms with Crippen molar-refractivity contribution in [3.05, 3.63) is 42.0 Å². The fourth-order valence-electron chi connectivity index (χ4n) is 2.48. The standard InChI is InChI=1S/C18H25F3N6O.HI/c1-3-16-26-25-13-27(16)10-9-23-17(22-4-2)24-11-14-7-5-6-8-15(14)28-12-18(19,20)21;/h5-8,13H,3-4,9-12H2,1-2H3,(H2,22,23,24);1H. The van der Waals surface area contributed by atoms with E-state index in [1.54, 1.807) is 24.5 Å². The highest BCUT2D eigenvalue weighted by Crippen LogP contribution is 2.22. The van der Waals surface area contributed by atoms with Gasteiger partial charge >= 0.3 is 6.18 Å². The van der Waals surface area contributed by atoms with Crippen molar-refractivity contribution in [1.82, 2.24) is 25.4 Å². The van der Waals surface area contributed by atoms with Crippen LogP contribution in [0.4, 0.5) is 13.2 Å². The van der Waals surface area contributed by atoms with Crippen LogP contribution in [0.3, 0.4) is 0 Å². The zero-order valence-electron chi connectivity index (χ0n) is 16.4. The van der Waals surface area contributed by atoms with Crippen molar-refractivity contribution in [2.75, 3.05) is 19.7 Å². The van der Waals surface area contributed by atoms with Gasteiger partial charge in [0.1, 0.15) is 17.9 Å². The number of para-hydroxylation sites is 1. The van der Waals surface area contributed by atoms with Crippen molar-refractivity contribution in [3.63, 3.8) is 0 Å². The molecule has 0 radical (unpaired) electrons. The van der Waals surface area contributed by atoms with Crippen LogP contribution in [0, 0.1) is 0 Å². The molecule has 0 amide bonds. The average molecular weight is 526 g/mol. The highest BCUT2D eigenvalue weighted by atomic mass is 127. The summed E-state index contributed by atoms with van der Waals surface area (Å²) in [5.41, 5.74) is 0.580. The molecule has 2 N–H and O–H groups in total. The summed E-state index contributed by atoms with van der Waals surface area (Å²) >= 11 is 0. The Labute approximate surface area is 185 Å². The van der Waals surface area contributed by atoms with Crippen LogP contribution >= 0.6 is 24.0 Å². The number of hydrogen-bond acceptors (Lipinski definition) is 4. The molecule has 2 aromatic rings. The number of nitrogens with one attached hydrogen (secondary N) is 2. The Hall–Kier alpha value is -2.05.